The van der Waals surface area contributed by atoms with E-state index in [0.717, 1.165) is 24.8 Å². The van der Waals surface area contributed by atoms with E-state index in [2.05, 4.69) is 27.6 Å². The summed E-state index contributed by atoms with van der Waals surface area (Å²) >= 11 is 0. The number of nitrogens with zero attached hydrogens (tertiary/aromatic N) is 4. The molecular formula is C25H25FN6O2. The molecule has 0 fully saturated rings. The standard InChI is InChI=1S/C25H25FN6O2/c1-15-14-28-32(21-8-4-6-16-5-2-3-7-19(16)21)24(15)29-25(34)20-13-22(23(27)33)31(30-20)18-11-9-17(26)10-12-18/h2-3,5,7,9-12,14,21-22H,4,6,8,13H2,1H3,(H2,27,33)(H,29,34). The predicted molar refractivity (Wildman–Crippen MR) is 127 cm³/mol. The van der Waals surface area contributed by atoms with Crippen molar-refractivity contribution in [2.24, 2.45) is 10.8 Å². The fourth-order valence-electron chi connectivity index (χ4n) is 4.70. The van der Waals surface area contributed by atoms with Crippen LogP contribution in [0.25, 0.3) is 0 Å². The van der Waals surface area contributed by atoms with Crippen LogP contribution >= 0.6 is 0 Å². The zero-order valence-electron chi connectivity index (χ0n) is 18.7. The van der Waals surface area contributed by atoms with Crippen molar-refractivity contribution in [3.05, 3.63) is 77.2 Å². The molecule has 3 aromatic rings. The first-order valence-electron chi connectivity index (χ1n) is 11.3. The number of primary amides is 1. The number of benzene rings is 2. The number of fused-ring (bicyclic) bond motifs is 1. The molecule has 2 unspecified atom stereocenters. The molecule has 1 aliphatic heterocycles. The van der Waals surface area contributed by atoms with Gasteiger partial charge in [-0.25, -0.2) is 9.07 Å². The Labute approximate surface area is 196 Å². The summed E-state index contributed by atoms with van der Waals surface area (Å²) in [5.41, 5.74) is 9.56. The van der Waals surface area contributed by atoms with Gasteiger partial charge in [-0.1, -0.05) is 24.3 Å². The lowest BCUT2D eigenvalue weighted by atomic mass is 9.88. The van der Waals surface area contributed by atoms with Crippen molar-refractivity contribution in [3.63, 3.8) is 0 Å². The number of carbonyl (C=O) groups is 2. The van der Waals surface area contributed by atoms with Crippen LogP contribution in [0.3, 0.4) is 0 Å². The molecule has 2 aromatic carbocycles. The minimum atomic E-state index is -0.831. The average molecular weight is 461 g/mol. The Hall–Kier alpha value is -4.01. The molecule has 0 spiro atoms. The van der Waals surface area contributed by atoms with Crippen LogP contribution in [0.15, 0.2) is 59.8 Å². The number of anilines is 2. The van der Waals surface area contributed by atoms with E-state index in [1.807, 2.05) is 23.7 Å². The molecule has 5 rings (SSSR count). The van der Waals surface area contributed by atoms with E-state index < -0.39 is 23.7 Å². The van der Waals surface area contributed by atoms with Gasteiger partial charge in [-0.15, -0.1) is 0 Å². The summed E-state index contributed by atoms with van der Waals surface area (Å²) in [4.78, 5) is 25.3. The number of aryl methyl sites for hydroxylation is 2. The highest BCUT2D eigenvalue weighted by atomic mass is 19.1. The van der Waals surface area contributed by atoms with Crippen LogP contribution in [0, 0.1) is 12.7 Å². The average Bonchev–Trinajstić information content (AvgIpc) is 3.44. The summed E-state index contributed by atoms with van der Waals surface area (Å²) in [7, 11) is 0. The van der Waals surface area contributed by atoms with Crippen molar-refractivity contribution < 1.29 is 14.0 Å². The molecule has 0 saturated heterocycles. The van der Waals surface area contributed by atoms with Gasteiger partial charge in [0, 0.05) is 12.0 Å². The second-order valence-corrected chi connectivity index (χ2v) is 8.67. The van der Waals surface area contributed by atoms with Gasteiger partial charge in [-0.05, 0) is 61.6 Å². The first-order chi connectivity index (χ1) is 16.4. The van der Waals surface area contributed by atoms with Crippen molar-refractivity contribution in [2.45, 2.75) is 44.7 Å². The predicted octanol–water partition coefficient (Wildman–Crippen LogP) is 3.32. The zero-order chi connectivity index (χ0) is 23.8. The number of hydrogen-bond acceptors (Lipinski definition) is 5. The number of carbonyl (C=O) groups excluding carboxylic acids is 2. The molecule has 2 atom stereocenters. The van der Waals surface area contributed by atoms with E-state index in [9.17, 15) is 14.0 Å². The fraction of sp³-hybridized carbons (Fsp3) is 0.280. The van der Waals surface area contributed by atoms with Gasteiger partial charge in [0.05, 0.1) is 17.9 Å². The van der Waals surface area contributed by atoms with Crippen molar-refractivity contribution >= 4 is 29.0 Å². The molecule has 0 radical (unpaired) electrons. The monoisotopic (exact) mass is 460 g/mol. The Morgan fingerprint density at radius 3 is 2.68 bits per heavy atom. The lowest BCUT2D eigenvalue weighted by molar-refractivity contribution is -0.119. The minimum Gasteiger partial charge on any atom is -0.368 e. The van der Waals surface area contributed by atoms with Crippen molar-refractivity contribution in [2.75, 3.05) is 10.3 Å². The number of amides is 2. The number of aromatic nitrogens is 2. The molecule has 2 amide bonds. The van der Waals surface area contributed by atoms with Crippen molar-refractivity contribution in [3.8, 4) is 0 Å². The first kappa shape index (κ1) is 21.8. The van der Waals surface area contributed by atoms with Gasteiger partial charge in [-0.2, -0.15) is 10.2 Å². The van der Waals surface area contributed by atoms with Crippen LogP contribution in [0.2, 0.25) is 0 Å². The summed E-state index contributed by atoms with van der Waals surface area (Å²) < 4.78 is 15.2. The normalized spacial score (nSPS) is 19.5. The quantitative estimate of drug-likeness (QED) is 0.609. The maximum Gasteiger partial charge on any atom is 0.273 e. The van der Waals surface area contributed by atoms with Crippen LogP contribution in [-0.4, -0.2) is 33.3 Å². The third kappa shape index (κ3) is 3.93. The summed E-state index contributed by atoms with van der Waals surface area (Å²) in [6.07, 6.45) is 4.77. The molecule has 174 valence electrons. The Kier molecular flexibility index (Phi) is 5.61. The summed E-state index contributed by atoms with van der Waals surface area (Å²) in [5, 5.41) is 13.3. The van der Waals surface area contributed by atoms with Crippen LogP contribution in [0.4, 0.5) is 15.9 Å². The van der Waals surface area contributed by atoms with Crippen LogP contribution < -0.4 is 16.1 Å². The second kappa shape index (κ2) is 8.74. The van der Waals surface area contributed by atoms with Gasteiger partial charge < -0.3 is 11.1 Å². The number of hydrazone groups is 1. The van der Waals surface area contributed by atoms with Crippen LogP contribution in [0.5, 0.6) is 0 Å². The van der Waals surface area contributed by atoms with Gasteiger partial charge in [0.1, 0.15) is 23.4 Å². The second-order valence-electron chi connectivity index (χ2n) is 8.67. The van der Waals surface area contributed by atoms with Gasteiger partial charge in [0.2, 0.25) is 5.91 Å². The van der Waals surface area contributed by atoms with E-state index >= 15 is 0 Å². The largest absolute Gasteiger partial charge is 0.368 e. The third-order valence-corrected chi connectivity index (χ3v) is 6.44. The highest BCUT2D eigenvalue weighted by Crippen LogP contribution is 2.35. The van der Waals surface area contributed by atoms with Gasteiger partial charge in [-0.3, -0.25) is 14.6 Å². The molecular weight excluding hydrogens is 435 g/mol. The lowest BCUT2D eigenvalue weighted by Crippen LogP contribution is -2.39. The molecule has 1 aliphatic carbocycles. The Morgan fingerprint density at radius 2 is 1.91 bits per heavy atom. The molecule has 1 aromatic heterocycles. The first-order valence-corrected chi connectivity index (χ1v) is 11.3. The molecule has 3 N–H and O–H groups in total. The van der Waals surface area contributed by atoms with E-state index in [0.29, 0.717) is 11.5 Å². The molecule has 8 nitrogen and oxygen atoms in total. The summed E-state index contributed by atoms with van der Waals surface area (Å²) in [6.45, 7) is 1.89. The number of nitrogens with one attached hydrogen (secondary N) is 1. The Morgan fingerprint density at radius 1 is 1.15 bits per heavy atom. The Bertz CT molecular complexity index is 1280. The van der Waals surface area contributed by atoms with Crippen molar-refractivity contribution in [1.82, 2.24) is 9.78 Å². The maximum absolute atomic E-state index is 13.3. The molecule has 9 heteroatoms. The minimum absolute atomic E-state index is 0.0218. The van der Waals surface area contributed by atoms with E-state index in [4.69, 9.17) is 5.73 Å². The fourth-order valence-corrected chi connectivity index (χ4v) is 4.70. The molecule has 0 bridgehead atoms. The van der Waals surface area contributed by atoms with E-state index in [-0.39, 0.29) is 18.2 Å². The maximum atomic E-state index is 13.3. The molecule has 2 aliphatic rings. The zero-order valence-corrected chi connectivity index (χ0v) is 18.7. The van der Waals surface area contributed by atoms with Gasteiger partial charge >= 0.3 is 0 Å². The van der Waals surface area contributed by atoms with E-state index in [1.165, 1.54) is 40.4 Å². The molecule has 0 saturated carbocycles. The smallest absolute Gasteiger partial charge is 0.273 e. The SMILES string of the molecule is Cc1cnn(C2CCCc3ccccc32)c1NC(=O)C1=NN(c2ccc(F)cc2)C(C(N)=O)C1. The highest BCUT2D eigenvalue weighted by Gasteiger charge is 2.36. The molecule has 2 heterocycles. The van der Waals surface area contributed by atoms with E-state index in [1.54, 1.807) is 6.20 Å². The van der Waals surface area contributed by atoms with Crippen molar-refractivity contribution in [1.29, 1.82) is 0 Å². The van der Waals surface area contributed by atoms with Gasteiger partial charge in [0.15, 0.2) is 0 Å². The number of nitrogens with two attached hydrogens (primary N) is 1. The Balaban J connectivity index is 1.42. The number of rotatable bonds is 5. The van der Waals surface area contributed by atoms with Crippen LogP contribution in [0.1, 0.15) is 42.0 Å². The highest BCUT2D eigenvalue weighted by molar-refractivity contribution is 6.44. The van der Waals surface area contributed by atoms with Gasteiger partial charge in [0.25, 0.3) is 5.91 Å². The van der Waals surface area contributed by atoms with Crippen LogP contribution in [-0.2, 0) is 16.0 Å². The molecule has 34 heavy (non-hydrogen) atoms. The number of halogens is 1. The lowest BCUT2D eigenvalue weighted by Gasteiger charge is -2.27. The summed E-state index contributed by atoms with van der Waals surface area (Å²) in [5.74, 6) is -0.848. The number of hydrogen-bond donors (Lipinski definition) is 2. The summed E-state index contributed by atoms with van der Waals surface area (Å²) in [6, 6.07) is 13.0. The third-order valence-electron chi connectivity index (χ3n) is 6.44. The topological polar surface area (TPSA) is 106 Å².